The van der Waals surface area contributed by atoms with Crippen molar-refractivity contribution >= 4 is 16.7 Å². The number of rotatable bonds is 4. The summed E-state index contributed by atoms with van der Waals surface area (Å²) in [6, 6.07) is 6.96. The van der Waals surface area contributed by atoms with Crippen molar-refractivity contribution in [2.24, 2.45) is 7.05 Å². The maximum Gasteiger partial charge on any atom is 0.274 e. The van der Waals surface area contributed by atoms with Crippen molar-refractivity contribution < 1.29 is 4.79 Å². The van der Waals surface area contributed by atoms with Crippen LogP contribution in [0.25, 0.3) is 10.8 Å². The third kappa shape index (κ3) is 3.17. The lowest BCUT2D eigenvalue weighted by atomic mass is 10.1. The first-order valence-corrected chi connectivity index (χ1v) is 8.13. The second-order valence-electron chi connectivity index (χ2n) is 6.42. The summed E-state index contributed by atoms with van der Waals surface area (Å²) in [5.41, 5.74) is 1.03. The van der Waals surface area contributed by atoms with Crippen LogP contribution in [-0.2, 0) is 13.6 Å². The molecule has 0 saturated heterocycles. The maximum absolute atomic E-state index is 13.0. The molecule has 0 radical (unpaired) electrons. The fourth-order valence-electron chi connectivity index (χ4n) is 2.79. The maximum atomic E-state index is 13.0. The molecule has 0 saturated carbocycles. The largest absolute Gasteiger partial charge is 0.336 e. The second-order valence-corrected chi connectivity index (χ2v) is 6.42. The van der Waals surface area contributed by atoms with Crippen LogP contribution in [0.1, 0.15) is 35.9 Å². The molecule has 0 unspecified atom stereocenters. The Morgan fingerprint density at radius 2 is 1.92 bits per heavy atom. The van der Waals surface area contributed by atoms with E-state index in [2.05, 4.69) is 10.2 Å². The van der Waals surface area contributed by atoms with Crippen LogP contribution in [0.3, 0.4) is 0 Å². The molecular formula is C18H21N5O2. The molecule has 3 aromatic rings. The van der Waals surface area contributed by atoms with Gasteiger partial charge in [-0.2, -0.15) is 10.2 Å². The summed E-state index contributed by atoms with van der Waals surface area (Å²) in [6.45, 7) is 4.16. The number of benzene rings is 1. The van der Waals surface area contributed by atoms with Crippen molar-refractivity contribution in [3.63, 3.8) is 0 Å². The van der Waals surface area contributed by atoms with Gasteiger partial charge >= 0.3 is 0 Å². The van der Waals surface area contributed by atoms with Gasteiger partial charge in [-0.15, -0.1) is 0 Å². The minimum Gasteiger partial charge on any atom is -0.336 e. The van der Waals surface area contributed by atoms with E-state index in [1.54, 1.807) is 47.1 Å². The van der Waals surface area contributed by atoms with Crippen molar-refractivity contribution in [3.05, 3.63) is 58.3 Å². The molecule has 0 aliphatic rings. The minimum absolute atomic E-state index is 0.132. The van der Waals surface area contributed by atoms with E-state index in [9.17, 15) is 9.59 Å². The summed E-state index contributed by atoms with van der Waals surface area (Å²) in [4.78, 5) is 27.1. The SMILES string of the molecule is CC(C)n1nc(C(=O)N(C)Cc2cnn(C)c2)c2ccccc2c1=O. The molecule has 0 bridgehead atoms. The van der Waals surface area contributed by atoms with Crippen LogP contribution in [0.4, 0.5) is 0 Å². The number of nitrogens with zero attached hydrogens (tertiary/aromatic N) is 5. The monoisotopic (exact) mass is 339 g/mol. The Kier molecular flexibility index (Phi) is 4.39. The summed E-state index contributed by atoms with van der Waals surface area (Å²) >= 11 is 0. The number of fused-ring (bicyclic) bond motifs is 1. The van der Waals surface area contributed by atoms with Crippen LogP contribution in [0.2, 0.25) is 0 Å². The average Bonchev–Trinajstić information content (AvgIpc) is 2.99. The molecule has 3 rings (SSSR count). The molecule has 2 heterocycles. The van der Waals surface area contributed by atoms with E-state index in [1.807, 2.05) is 27.1 Å². The first kappa shape index (κ1) is 16.9. The van der Waals surface area contributed by atoms with E-state index < -0.39 is 0 Å². The molecule has 0 spiro atoms. The van der Waals surface area contributed by atoms with Gasteiger partial charge in [0.05, 0.1) is 17.6 Å². The number of carbonyl (C=O) groups is 1. The second kappa shape index (κ2) is 6.51. The van der Waals surface area contributed by atoms with Crippen molar-refractivity contribution in [2.45, 2.75) is 26.4 Å². The van der Waals surface area contributed by atoms with Gasteiger partial charge < -0.3 is 4.90 Å². The molecule has 2 aromatic heterocycles. The Morgan fingerprint density at radius 1 is 1.24 bits per heavy atom. The predicted octanol–water partition coefficient (Wildman–Crippen LogP) is 1.98. The Hall–Kier alpha value is -2.96. The van der Waals surface area contributed by atoms with Crippen molar-refractivity contribution in [2.75, 3.05) is 7.05 Å². The number of carbonyl (C=O) groups excluding carboxylic acids is 1. The van der Waals surface area contributed by atoms with Gasteiger partial charge in [0.25, 0.3) is 11.5 Å². The summed E-state index contributed by atoms with van der Waals surface area (Å²) in [5.74, 6) is -0.227. The van der Waals surface area contributed by atoms with Gasteiger partial charge in [0.15, 0.2) is 5.69 Å². The van der Waals surface area contributed by atoms with E-state index in [0.29, 0.717) is 17.3 Å². The molecule has 0 aliphatic heterocycles. The summed E-state index contributed by atoms with van der Waals surface area (Å²) < 4.78 is 3.06. The highest BCUT2D eigenvalue weighted by Gasteiger charge is 2.21. The van der Waals surface area contributed by atoms with Crippen molar-refractivity contribution in [1.82, 2.24) is 24.5 Å². The molecule has 7 heteroatoms. The molecule has 0 fully saturated rings. The van der Waals surface area contributed by atoms with E-state index in [-0.39, 0.29) is 23.2 Å². The molecule has 7 nitrogen and oxygen atoms in total. The van der Waals surface area contributed by atoms with Gasteiger partial charge in [0, 0.05) is 37.8 Å². The van der Waals surface area contributed by atoms with E-state index in [1.165, 1.54) is 4.68 Å². The number of aromatic nitrogens is 4. The quantitative estimate of drug-likeness (QED) is 0.728. The topological polar surface area (TPSA) is 73.0 Å². The van der Waals surface area contributed by atoms with Gasteiger partial charge in [0.2, 0.25) is 0 Å². The molecule has 0 atom stereocenters. The van der Waals surface area contributed by atoms with Gasteiger partial charge in [0.1, 0.15) is 0 Å². The summed E-state index contributed by atoms with van der Waals surface area (Å²) in [6.07, 6.45) is 3.59. The van der Waals surface area contributed by atoms with Crippen molar-refractivity contribution in [1.29, 1.82) is 0 Å². The lowest BCUT2D eigenvalue weighted by Crippen LogP contribution is -2.32. The number of hydrogen-bond donors (Lipinski definition) is 0. The van der Waals surface area contributed by atoms with Crippen LogP contribution >= 0.6 is 0 Å². The van der Waals surface area contributed by atoms with Crippen LogP contribution in [0.15, 0.2) is 41.5 Å². The zero-order chi connectivity index (χ0) is 18.1. The molecular weight excluding hydrogens is 318 g/mol. The Bertz CT molecular complexity index is 987. The van der Waals surface area contributed by atoms with E-state index >= 15 is 0 Å². The van der Waals surface area contributed by atoms with Gasteiger partial charge in [-0.25, -0.2) is 4.68 Å². The zero-order valence-electron chi connectivity index (χ0n) is 14.8. The standard InChI is InChI=1S/C18H21N5O2/c1-12(2)23-17(24)15-8-6-5-7-14(15)16(20-23)18(25)21(3)10-13-9-19-22(4)11-13/h5-9,11-12H,10H2,1-4H3. The third-order valence-corrected chi connectivity index (χ3v) is 4.04. The van der Waals surface area contributed by atoms with Crippen molar-refractivity contribution in [3.8, 4) is 0 Å². The number of hydrogen-bond acceptors (Lipinski definition) is 4. The minimum atomic E-state index is -0.227. The number of aryl methyl sites for hydroxylation is 1. The van der Waals surface area contributed by atoms with Crippen LogP contribution in [0, 0.1) is 0 Å². The number of amides is 1. The molecule has 1 aromatic carbocycles. The first-order valence-electron chi connectivity index (χ1n) is 8.13. The fraction of sp³-hybridized carbons (Fsp3) is 0.333. The zero-order valence-corrected chi connectivity index (χ0v) is 14.8. The summed E-state index contributed by atoms with van der Waals surface area (Å²) in [5, 5.41) is 9.56. The highest BCUT2D eigenvalue weighted by Crippen LogP contribution is 2.17. The highest BCUT2D eigenvalue weighted by molar-refractivity contribution is 6.04. The average molecular weight is 339 g/mol. The molecule has 1 amide bonds. The predicted molar refractivity (Wildman–Crippen MR) is 95.4 cm³/mol. The van der Waals surface area contributed by atoms with E-state index in [4.69, 9.17) is 0 Å². The third-order valence-electron chi connectivity index (χ3n) is 4.04. The van der Waals surface area contributed by atoms with E-state index in [0.717, 1.165) is 5.56 Å². The normalized spacial score (nSPS) is 11.2. The Morgan fingerprint density at radius 3 is 2.52 bits per heavy atom. The van der Waals surface area contributed by atoms with Gasteiger partial charge in [-0.3, -0.25) is 14.3 Å². The van der Waals surface area contributed by atoms with Crippen LogP contribution < -0.4 is 5.56 Å². The van der Waals surface area contributed by atoms with Gasteiger partial charge in [-0.05, 0) is 19.9 Å². The fourth-order valence-corrected chi connectivity index (χ4v) is 2.79. The Balaban J connectivity index is 2.06. The van der Waals surface area contributed by atoms with Crippen LogP contribution in [0.5, 0.6) is 0 Å². The van der Waals surface area contributed by atoms with Crippen LogP contribution in [-0.4, -0.2) is 37.4 Å². The summed E-state index contributed by atoms with van der Waals surface area (Å²) in [7, 11) is 3.55. The smallest absolute Gasteiger partial charge is 0.274 e. The Labute approximate surface area is 145 Å². The lowest BCUT2D eigenvalue weighted by molar-refractivity contribution is 0.0778. The molecule has 0 aliphatic carbocycles. The lowest BCUT2D eigenvalue weighted by Gasteiger charge is -2.18. The first-order chi connectivity index (χ1) is 11.9. The molecule has 25 heavy (non-hydrogen) atoms. The van der Waals surface area contributed by atoms with Gasteiger partial charge in [-0.1, -0.05) is 18.2 Å². The highest BCUT2D eigenvalue weighted by atomic mass is 16.2. The molecule has 130 valence electrons. The molecule has 0 N–H and O–H groups in total.